The SMILES string of the molecule is NC(=O)CC(N)C(=O)NCC(=O)NC(CO)C(=O)NC(Cc1c[nH]c2ccccc12)C(=O)O. The summed E-state index contributed by atoms with van der Waals surface area (Å²) < 4.78 is 0. The molecule has 3 unspecified atom stereocenters. The van der Waals surface area contributed by atoms with E-state index in [0.29, 0.717) is 5.56 Å². The summed E-state index contributed by atoms with van der Waals surface area (Å²) in [6, 6.07) is 3.22. The van der Waals surface area contributed by atoms with E-state index >= 15 is 0 Å². The molecule has 0 fully saturated rings. The predicted molar refractivity (Wildman–Crippen MR) is 115 cm³/mol. The van der Waals surface area contributed by atoms with Gasteiger partial charge in [0.25, 0.3) is 0 Å². The van der Waals surface area contributed by atoms with Crippen LogP contribution in [0.15, 0.2) is 30.5 Å². The molecule has 1 heterocycles. The minimum absolute atomic E-state index is 0.0367. The average Bonchev–Trinajstić information content (AvgIpc) is 3.17. The van der Waals surface area contributed by atoms with Crippen molar-refractivity contribution in [3.63, 3.8) is 0 Å². The van der Waals surface area contributed by atoms with Crippen LogP contribution in [-0.2, 0) is 30.4 Å². The Kier molecular flexibility index (Phi) is 8.89. The highest BCUT2D eigenvalue weighted by molar-refractivity contribution is 5.93. The van der Waals surface area contributed by atoms with Crippen molar-refractivity contribution in [3.8, 4) is 0 Å². The van der Waals surface area contributed by atoms with Crippen LogP contribution in [0.25, 0.3) is 10.9 Å². The van der Waals surface area contributed by atoms with Gasteiger partial charge in [-0.3, -0.25) is 19.2 Å². The Balaban J connectivity index is 1.94. The van der Waals surface area contributed by atoms with Crippen LogP contribution in [0.2, 0.25) is 0 Å². The number of carboxylic acid groups (broad SMARTS) is 1. The fraction of sp³-hybridized carbons (Fsp3) is 0.350. The number of carbonyl (C=O) groups is 5. The van der Waals surface area contributed by atoms with Gasteiger partial charge in [0.15, 0.2) is 0 Å². The van der Waals surface area contributed by atoms with E-state index in [4.69, 9.17) is 11.5 Å². The number of nitrogens with two attached hydrogens (primary N) is 2. The molecule has 13 nitrogen and oxygen atoms in total. The zero-order valence-corrected chi connectivity index (χ0v) is 17.5. The number of para-hydroxylation sites is 1. The van der Waals surface area contributed by atoms with Crippen LogP contribution >= 0.6 is 0 Å². The molecule has 0 aliphatic heterocycles. The van der Waals surface area contributed by atoms with Crippen molar-refractivity contribution in [1.82, 2.24) is 20.9 Å². The Labute approximate surface area is 187 Å². The van der Waals surface area contributed by atoms with Crippen molar-refractivity contribution < 1.29 is 34.2 Å². The first-order valence-electron chi connectivity index (χ1n) is 9.92. The van der Waals surface area contributed by atoms with E-state index in [2.05, 4.69) is 20.9 Å². The van der Waals surface area contributed by atoms with Gasteiger partial charge in [-0.1, -0.05) is 18.2 Å². The number of hydrogen-bond acceptors (Lipinski definition) is 7. The fourth-order valence-corrected chi connectivity index (χ4v) is 3.04. The van der Waals surface area contributed by atoms with Gasteiger partial charge in [0.1, 0.15) is 12.1 Å². The summed E-state index contributed by atoms with van der Waals surface area (Å²) >= 11 is 0. The van der Waals surface area contributed by atoms with Gasteiger partial charge in [-0.15, -0.1) is 0 Å². The number of hydrogen-bond donors (Lipinski definition) is 8. The van der Waals surface area contributed by atoms with Gasteiger partial charge in [-0.05, 0) is 11.6 Å². The molecule has 1 aromatic carbocycles. The molecule has 1 aromatic heterocycles. The van der Waals surface area contributed by atoms with E-state index in [1.165, 1.54) is 0 Å². The molecule has 3 atom stereocenters. The number of aromatic nitrogens is 1. The molecule has 10 N–H and O–H groups in total. The molecule has 178 valence electrons. The first kappa shape index (κ1) is 25.3. The second-order valence-corrected chi connectivity index (χ2v) is 7.26. The number of nitrogens with one attached hydrogen (secondary N) is 4. The zero-order valence-electron chi connectivity index (χ0n) is 17.5. The van der Waals surface area contributed by atoms with Gasteiger partial charge in [0.2, 0.25) is 23.6 Å². The number of rotatable bonds is 12. The quantitative estimate of drug-likeness (QED) is 0.162. The summed E-state index contributed by atoms with van der Waals surface area (Å²) in [5, 5.41) is 26.4. The molecule has 13 heteroatoms. The molecule has 2 aromatic rings. The summed E-state index contributed by atoms with van der Waals surface area (Å²) in [6.45, 7) is -1.40. The lowest BCUT2D eigenvalue weighted by Gasteiger charge is -2.20. The molecule has 0 radical (unpaired) electrons. The normalized spacial score (nSPS) is 13.5. The summed E-state index contributed by atoms with van der Waals surface area (Å²) in [5.41, 5.74) is 11.9. The van der Waals surface area contributed by atoms with Crippen molar-refractivity contribution in [3.05, 3.63) is 36.0 Å². The van der Waals surface area contributed by atoms with E-state index in [9.17, 15) is 34.2 Å². The van der Waals surface area contributed by atoms with Gasteiger partial charge < -0.3 is 42.6 Å². The number of benzene rings is 1. The topological polar surface area (TPSA) is 230 Å². The average molecular weight is 462 g/mol. The number of fused-ring (bicyclic) bond motifs is 1. The van der Waals surface area contributed by atoms with Crippen LogP contribution in [-0.4, -0.2) is 76.1 Å². The third-order valence-corrected chi connectivity index (χ3v) is 4.73. The fourth-order valence-electron chi connectivity index (χ4n) is 3.04. The van der Waals surface area contributed by atoms with Crippen LogP contribution in [0.3, 0.4) is 0 Å². The number of H-pyrrole nitrogens is 1. The number of aliphatic carboxylic acids is 1. The molecular formula is C20H26N6O7. The molecule has 2 rings (SSSR count). The third-order valence-electron chi connectivity index (χ3n) is 4.73. The van der Waals surface area contributed by atoms with Crippen LogP contribution in [0.1, 0.15) is 12.0 Å². The maximum atomic E-state index is 12.5. The minimum Gasteiger partial charge on any atom is -0.480 e. The van der Waals surface area contributed by atoms with Crippen molar-refractivity contribution >= 4 is 40.5 Å². The van der Waals surface area contributed by atoms with Crippen LogP contribution < -0.4 is 27.4 Å². The molecule has 0 bridgehead atoms. The summed E-state index contributed by atoms with van der Waals surface area (Å²) in [4.78, 5) is 61.7. The van der Waals surface area contributed by atoms with E-state index in [0.717, 1.165) is 10.9 Å². The van der Waals surface area contributed by atoms with Gasteiger partial charge in [0.05, 0.1) is 25.6 Å². The number of aliphatic hydroxyl groups excluding tert-OH is 1. The molecule has 33 heavy (non-hydrogen) atoms. The summed E-state index contributed by atoms with van der Waals surface area (Å²) in [7, 11) is 0. The highest BCUT2D eigenvalue weighted by atomic mass is 16.4. The summed E-state index contributed by atoms with van der Waals surface area (Å²) in [5.74, 6) is -4.66. The lowest BCUT2D eigenvalue weighted by Crippen LogP contribution is -2.55. The van der Waals surface area contributed by atoms with Crippen molar-refractivity contribution in [2.75, 3.05) is 13.2 Å². The van der Waals surface area contributed by atoms with E-state index in [1.807, 2.05) is 18.2 Å². The molecule has 0 saturated heterocycles. The third kappa shape index (κ3) is 7.29. The highest BCUT2D eigenvalue weighted by Gasteiger charge is 2.27. The lowest BCUT2D eigenvalue weighted by atomic mass is 10.0. The van der Waals surface area contributed by atoms with E-state index < -0.39 is 67.3 Å². The monoisotopic (exact) mass is 462 g/mol. The largest absolute Gasteiger partial charge is 0.480 e. The molecule has 0 aliphatic rings. The Hall–Kier alpha value is -3.97. The Bertz CT molecular complexity index is 1040. The second kappa shape index (κ2) is 11.6. The van der Waals surface area contributed by atoms with Crippen molar-refractivity contribution in [2.24, 2.45) is 11.5 Å². The van der Waals surface area contributed by atoms with Gasteiger partial charge >= 0.3 is 5.97 Å². The molecule has 0 aliphatic carbocycles. The standard InChI is InChI=1S/C20H26N6O7/c21-12(6-16(22)28)18(30)24-8-17(29)25-15(9-27)19(31)26-14(20(32)33)5-10-7-23-13-4-2-1-3-11(10)13/h1-4,7,12,14-15,23,27H,5-6,8-9,21H2,(H2,22,28)(H,24,30)(H,25,29)(H,26,31)(H,32,33). The lowest BCUT2D eigenvalue weighted by molar-refractivity contribution is -0.142. The number of primary amides is 1. The second-order valence-electron chi connectivity index (χ2n) is 7.26. The minimum atomic E-state index is -1.46. The van der Waals surface area contributed by atoms with E-state index in [1.54, 1.807) is 12.3 Å². The van der Waals surface area contributed by atoms with Gasteiger partial charge in [0, 0.05) is 23.5 Å². The number of amides is 4. The number of aromatic amines is 1. The molecule has 4 amide bonds. The molecule has 0 saturated carbocycles. The van der Waals surface area contributed by atoms with E-state index in [-0.39, 0.29) is 6.42 Å². The number of aliphatic hydroxyl groups is 1. The number of carboxylic acids is 1. The Morgan fingerprint density at radius 1 is 1.03 bits per heavy atom. The van der Waals surface area contributed by atoms with Gasteiger partial charge in [-0.2, -0.15) is 0 Å². The number of carbonyl (C=O) groups excluding carboxylic acids is 4. The highest BCUT2D eigenvalue weighted by Crippen LogP contribution is 2.19. The Morgan fingerprint density at radius 3 is 2.36 bits per heavy atom. The maximum absolute atomic E-state index is 12.5. The van der Waals surface area contributed by atoms with Crippen LogP contribution in [0.4, 0.5) is 0 Å². The zero-order chi connectivity index (χ0) is 24.5. The Morgan fingerprint density at radius 2 is 1.73 bits per heavy atom. The van der Waals surface area contributed by atoms with Crippen molar-refractivity contribution in [2.45, 2.75) is 31.0 Å². The first-order valence-corrected chi connectivity index (χ1v) is 9.92. The van der Waals surface area contributed by atoms with Crippen LogP contribution in [0.5, 0.6) is 0 Å². The maximum Gasteiger partial charge on any atom is 0.326 e. The van der Waals surface area contributed by atoms with Crippen molar-refractivity contribution in [1.29, 1.82) is 0 Å². The van der Waals surface area contributed by atoms with Gasteiger partial charge in [-0.25, -0.2) is 4.79 Å². The smallest absolute Gasteiger partial charge is 0.326 e. The molecule has 0 spiro atoms. The summed E-state index contributed by atoms with van der Waals surface area (Å²) in [6.07, 6.45) is 1.19. The first-order chi connectivity index (χ1) is 15.6. The van der Waals surface area contributed by atoms with Crippen LogP contribution in [0, 0.1) is 0 Å². The molecular weight excluding hydrogens is 436 g/mol. The predicted octanol–water partition coefficient (Wildman–Crippen LogP) is -2.92.